The van der Waals surface area contributed by atoms with Gasteiger partial charge in [-0.25, -0.2) is 4.98 Å². The van der Waals surface area contributed by atoms with Crippen LogP contribution in [0.25, 0.3) is 0 Å². The zero-order chi connectivity index (χ0) is 17.3. The molecule has 1 unspecified atom stereocenters. The van der Waals surface area contributed by atoms with E-state index in [0.29, 0.717) is 30.4 Å². The highest BCUT2D eigenvalue weighted by atomic mass is 127. The molecule has 1 aliphatic heterocycles. The Balaban J connectivity index is 0.00000312. The second-order valence-corrected chi connectivity index (χ2v) is 7.67. The Kier molecular flexibility index (Phi) is 10.5. The second kappa shape index (κ2) is 11.8. The minimum Gasteiger partial charge on any atom is -0.475 e. The van der Waals surface area contributed by atoms with Gasteiger partial charge in [-0.05, 0) is 31.6 Å². The molecule has 8 heteroatoms. The van der Waals surface area contributed by atoms with Gasteiger partial charge in [0.25, 0.3) is 0 Å². The smallest absolute Gasteiger partial charge is 0.218 e. The molecule has 1 aliphatic rings. The molecule has 0 amide bonds. The lowest BCUT2D eigenvalue weighted by atomic mass is 10.1. The van der Waals surface area contributed by atoms with Gasteiger partial charge in [-0.3, -0.25) is 4.99 Å². The van der Waals surface area contributed by atoms with Crippen LogP contribution in [-0.4, -0.2) is 55.4 Å². The maximum atomic E-state index is 5.66. The van der Waals surface area contributed by atoms with Gasteiger partial charge in [-0.2, -0.15) is 11.8 Å². The molecule has 2 heterocycles. The Labute approximate surface area is 172 Å². The maximum Gasteiger partial charge on any atom is 0.218 e. The van der Waals surface area contributed by atoms with E-state index in [1.54, 1.807) is 20.4 Å². The molecule has 1 aromatic rings. The lowest BCUT2D eigenvalue weighted by molar-refractivity contribution is 0.143. The van der Waals surface area contributed by atoms with E-state index >= 15 is 0 Å². The van der Waals surface area contributed by atoms with E-state index in [0.717, 1.165) is 18.1 Å². The first kappa shape index (κ1) is 22.3. The summed E-state index contributed by atoms with van der Waals surface area (Å²) in [5, 5.41) is 6.77. The van der Waals surface area contributed by atoms with Crippen LogP contribution in [0.4, 0.5) is 0 Å². The minimum absolute atomic E-state index is 0. The summed E-state index contributed by atoms with van der Waals surface area (Å²) < 4.78 is 11.0. The SMILES string of the molecule is CN=C(NCc1cccnc1OCCOC)NCC1(C)CCCS1.I. The first-order valence-electron chi connectivity index (χ1n) is 8.31. The maximum absolute atomic E-state index is 5.66. The van der Waals surface area contributed by atoms with Gasteiger partial charge in [0.15, 0.2) is 5.96 Å². The number of guanidine groups is 1. The molecule has 0 aromatic carbocycles. The number of nitrogens with one attached hydrogen (secondary N) is 2. The highest BCUT2D eigenvalue weighted by Gasteiger charge is 2.29. The van der Waals surface area contributed by atoms with Crippen LogP contribution >= 0.6 is 35.7 Å². The molecule has 0 saturated carbocycles. The topological polar surface area (TPSA) is 67.8 Å². The van der Waals surface area contributed by atoms with Crippen molar-refractivity contribution in [1.82, 2.24) is 15.6 Å². The summed E-state index contributed by atoms with van der Waals surface area (Å²) in [6, 6.07) is 3.91. The first-order valence-corrected chi connectivity index (χ1v) is 9.29. The molecule has 0 radical (unpaired) electrons. The van der Waals surface area contributed by atoms with Gasteiger partial charge < -0.3 is 20.1 Å². The number of rotatable bonds is 8. The summed E-state index contributed by atoms with van der Waals surface area (Å²) in [7, 11) is 3.45. The average Bonchev–Trinajstić information content (AvgIpc) is 3.03. The van der Waals surface area contributed by atoms with Gasteiger partial charge >= 0.3 is 0 Å². The van der Waals surface area contributed by atoms with Crippen molar-refractivity contribution in [3.8, 4) is 5.88 Å². The number of hydrogen-bond donors (Lipinski definition) is 2. The monoisotopic (exact) mass is 480 g/mol. The highest BCUT2D eigenvalue weighted by Crippen LogP contribution is 2.36. The standard InChI is InChI=1S/C17H28N4O2S.HI/c1-17(7-5-11-24-17)13-21-16(18-2)20-12-14-6-4-8-19-15(14)23-10-9-22-3;/h4,6,8H,5,7,9-13H2,1-3H3,(H2,18,20,21);1H. The molecular weight excluding hydrogens is 451 g/mol. The first-order chi connectivity index (χ1) is 11.7. The molecule has 1 aromatic heterocycles. The van der Waals surface area contributed by atoms with Crippen LogP contribution < -0.4 is 15.4 Å². The van der Waals surface area contributed by atoms with Crippen molar-refractivity contribution in [2.45, 2.75) is 31.1 Å². The molecule has 0 bridgehead atoms. The molecule has 6 nitrogen and oxygen atoms in total. The number of thioether (sulfide) groups is 1. The molecule has 1 saturated heterocycles. The van der Waals surface area contributed by atoms with Crippen LogP contribution in [0.1, 0.15) is 25.3 Å². The third-order valence-electron chi connectivity index (χ3n) is 3.98. The Hall–Kier alpha value is -0.740. The molecule has 2 N–H and O–H groups in total. The molecule has 2 rings (SSSR count). The summed E-state index contributed by atoms with van der Waals surface area (Å²) in [5.41, 5.74) is 0.998. The van der Waals surface area contributed by atoms with Crippen LogP contribution in [0.2, 0.25) is 0 Å². The third kappa shape index (κ3) is 7.57. The number of aromatic nitrogens is 1. The number of aliphatic imine (C=N–C) groups is 1. The number of halogens is 1. The number of pyridine rings is 1. The fourth-order valence-electron chi connectivity index (χ4n) is 2.56. The number of nitrogens with zero attached hydrogens (tertiary/aromatic N) is 2. The van der Waals surface area contributed by atoms with Crippen molar-refractivity contribution >= 4 is 41.7 Å². The van der Waals surface area contributed by atoms with Gasteiger partial charge in [0.05, 0.1) is 6.61 Å². The van der Waals surface area contributed by atoms with E-state index in [1.807, 2.05) is 23.9 Å². The molecule has 25 heavy (non-hydrogen) atoms. The zero-order valence-electron chi connectivity index (χ0n) is 15.2. The fourth-order valence-corrected chi connectivity index (χ4v) is 3.80. The largest absolute Gasteiger partial charge is 0.475 e. The lowest BCUT2D eigenvalue weighted by Crippen LogP contribution is -2.43. The number of hydrogen-bond acceptors (Lipinski definition) is 5. The summed E-state index contributed by atoms with van der Waals surface area (Å²) in [6.07, 6.45) is 4.28. The quantitative estimate of drug-likeness (QED) is 0.258. The van der Waals surface area contributed by atoms with Gasteiger partial charge in [-0.1, -0.05) is 6.07 Å². The van der Waals surface area contributed by atoms with Crippen molar-refractivity contribution in [2.24, 2.45) is 4.99 Å². The van der Waals surface area contributed by atoms with Crippen LogP contribution in [0.15, 0.2) is 23.3 Å². The summed E-state index contributed by atoms with van der Waals surface area (Å²) >= 11 is 2.04. The molecule has 0 spiro atoms. The van der Waals surface area contributed by atoms with E-state index in [4.69, 9.17) is 9.47 Å². The summed E-state index contributed by atoms with van der Waals surface area (Å²) in [6.45, 7) is 4.88. The Bertz CT molecular complexity index is 539. The Morgan fingerprint density at radius 2 is 2.24 bits per heavy atom. The van der Waals surface area contributed by atoms with E-state index in [9.17, 15) is 0 Å². The fraction of sp³-hybridized carbons (Fsp3) is 0.647. The van der Waals surface area contributed by atoms with Gasteiger partial charge in [0, 0.05) is 43.8 Å². The van der Waals surface area contributed by atoms with Gasteiger partial charge in [0.1, 0.15) is 6.61 Å². The van der Waals surface area contributed by atoms with Crippen molar-refractivity contribution in [3.63, 3.8) is 0 Å². The van der Waals surface area contributed by atoms with Crippen molar-refractivity contribution in [2.75, 3.05) is 39.7 Å². The van der Waals surface area contributed by atoms with Crippen molar-refractivity contribution in [3.05, 3.63) is 23.9 Å². The van der Waals surface area contributed by atoms with Crippen LogP contribution in [0.5, 0.6) is 5.88 Å². The molecule has 0 aliphatic carbocycles. The average molecular weight is 480 g/mol. The van der Waals surface area contributed by atoms with E-state index < -0.39 is 0 Å². The van der Waals surface area contributed by atoms with Crippen LogP contribution in [0.3, 0.4) is 0 Å². The molecule has 1 fully saturated rings. The van der Waals surface area contributed by atoms with Crippen molar-refractivity contribution in [1.29, 1.82) is 0 Å². The minimum atomic E-state index is 0. The predicted octanol–water partition coefficient (Wildman–Crippen LogP) is 2.68. The summed E-state index contributed by atoms with van der Waals surface area (Å²) in [4.78, 5) is 8.60. The van der Waals surface area contributed by atoms with E-state index in [2.05, 4.69) is 27.5 Å². The lowest BCUT2D eigenvalue weighted by Gasteiger charge is -2.24. The van der Waals surface area contributed by atoms with E-state index in [1.165, 1.54) is 18.6 Å². The Morgan fingerprint density at radius 1 is 1.40 bits per heavy atom. The van der Waals surface area contributed by atoms with E-state index in [-0.39, 0.29) is 24.0 Å². The molecule has 142 valence electrons. The Morgan fingerprint density at radius 3 is 2.92 bits per heavy atom. The van der Waals surface area contributed by atoms with Gasteiger partial charge in [0.2, 0.25) is 5.88 Å². The van der Waals surface area contributed by atoms with Crippen LogP contribution in [-0.2, 0) is 11.3 Å². The zero-order valence-corrected chi connectivity index (χ0v) is 18.4. The number of ether oxygens (including phenoxy) is 2. The normalized spacial score (nSPS) is 20.0. The summed E-state index contributed by atoms with van der Waals surface area (Å²) in [5.74, 6) is 2.69. The van der Waals surface area contributed by atoms with Crippen molar-refractivity contribution < 1.29 is 9.47 Å². The predicted molar refractivity (Wildman–Crippen MR) is 115 cm³/mol. The number of methoxy groups -OCH3 is 1. The molecule has 1 atom stereocenters. The second-order valence-electron chi connectivity index (χ2n) is 5.99. The molecular formula is C17H29IN4O2S. The van der Waals surface area contributed by atoms with Crippen LogP contribution in [0, 0.1) is 0 Å². The third-order valence-corrected chi connectivity index (χ3v) is 5.51. The highest BCUT2D eigenvalue weighted by molar-refractivity contribution is 14.0. The van der Waals surface area contributed by atoms with Gasteiger partial charge in [-0.15, -0.1) is 24.0 Å².